The summed E-state index contributed by atoms with van der Waals surface area (Å²) in [7, 11) is 3.20. The second-order valence-electron chi connectivity index (χ2n) is 4.25. The van der Waals surface area contributed by atoms with E-state index in [9.17, 15) is 4.79 Å². The molecular formula is C12H17N5O2S. The number of methoxy groups -OCH3 is 1. The number of nitrogens with zero attached hydrogens (tertiary/aromatic N) is 3. The summed E-state index contributed by atoms with van der Waals surface area (Å²) in [5.74, 6) is -0.299. The van der Waals surface area contributed by atoms with Crippen molar-refractivity contribution >= 4 is 28.3 Å². The Labute approximate surface area is 120 Å². The highest BCUT2D eigenvalue weighted by atomic mass is 32.1. The molecule has 108 valence electrons. The lowest BCUT2D eigenvalue weighted by Crippen LogP contribution is -2.08. The largest absolute Gasteiger partial charge is 0.465 e. The summed E-state index contributed by atoms with van der Waals surface area (Å²) in [4.78, 5) is 11.7. The molecule has 2 aromatic heterocycles. The molecule has 2 heterocycles. The first-order valence-corrected chi connectivity index (χ1v) is 6.92. The first-order valence-electron chi connectivity index (χ1n) is 6.15. The van der Waals surface area contributed by atoms with Crippen LogP contribution in [0.1, 0.15) is 28.5 Å². The number of carbonyl (C=O) groups is 1. The van der Waals surface area contributed by atoms with E-state index in [2.05, 4.69) is 21.7 Å². The lowest BCUT2D eigenvalue weighted by molar-refractivity contribution is 0.0603. The molecule has 0 aromatic carbocycles. The molecule has 7 nitrogen and oxygen atoms in total. The molecule has 0 saturated heterocycles. The van der Waals surface area contributed by atoms with Gasteiger partial charge in [0.05, 0.1) is 12.8 Å². The van der Waals surface area contributed by atoms with Crippen molar-refractivity contribution in [3.63, 3.8) is 0 Å². The number of ether oxygens (including phenoxy) is 1. The molecule has 0 aliphatic heterocycles. The summed E-state index contributed by atoms with van der Waals surface area (Å²) in [6, 6.07) is 0. The fourth-order valence-electron chi connectivity index (χ4n) is 1.93. The number of rotatable bonds is 5. The SMILES string of the molecule is CCc1nn(C)cc1CNc1snc(N)c1C(=O)OC. The summed E-state index contributed by atoms with van der Waals surface area (Å²) in [6.07, 6.45) is 2.81. The van der Waals surface area contributed by atoms with E-state index in [-0.39, 0.29) is 5.82 Å². The standard InChI is InChI=1S/C12H17N5O2S/c1-4-8-7(6-17(2)15-8)5-14-11-9(12(18)19-3)10(13)16-20-11/h6,14H,4-5H2,1-3H3,(H2,13,16). The number of nitrogens with one attached hydrogen (secondary N) is 1. The van der Waals surface area contributed by atoms with Gasteiger partial charge in [-0.2, -0.15) is 9.47 Å². The number of carbonyl (C=O) groups excluding carboxylic acids is 1. The third-order valence-corrected chi connectivity index (χ3v) is 3.69. The zero-order valence-electron chi connectivity index (χ0n) is 11.6. The van der Waals surface area contributed by atoms with Crippen molar-refractivity contribution in [1.29, 1.82) is 0 Å². The topological polar surface area (TPSA) is 95.1 Å². The van der Waals surface area contributed by atoms with Crippen molar-refractivity contribution in [3.8, 4) is 0 Å². The van der Waals surface area contributed by atoms with Crippen LogP contribution >= 0.6 is 11.5 Å². The minimum absolute atomic E-state index is 0.186. The number of aromatic nitrogens is 3. The Balaban J connectivity index is 2.17. The highest BCUT2D eigenvalue weighted by Crippen LogP contribution is 2.28. The maximum Gasteiger partial charge on any atom is 0.344 e. The summed E-state index contributed by atoms with van der Waals surface area (Å²) in [5.41, 5.74) is 8.09. The molecule has 2 aromatic rings. The number of anilines is 2. The molecule has 0 radical (unpaired) electrons. The van der Waals surface area contributed by atoms with Crippen LogP contribution in [-0.4, -0.2) is 27.2 Å². The molecule has 0 unspecified atom stereocenters. The third-order valence-electron chi connectivity index (χ3n) is 2.87. The van der Waals surface area contributed by atoms with Gasteiger partial charge >= 0.3 is 5.97 Å². The highest BCUT2D eigenvalue weighted by Gasteiger charge is 2.20. The highest BCUT2D eigenvalue weighted by molar-refractivity contribution is 7.11. The number of aryl methyl sites for hydroxylation is 2. The average molecular weight is 295 g/mol. The van der Waals surface area contributed by atoms with Gasteiger partial charge in [-0.3, -0.25) is 4.68 Å². The Morgan fingerprint density at radius 2 is 2.35 bits per heavy atom. The molecule has 20 heavy (non-hydrogen) atoms. The quantitative estimate of drug-likeness (QED) is 0.810. The van der Waals surface area contributed by atoms with Crippen molar-refractivity contribution in [2.45, 2.75) is 19.9 Å². The molecule has 0 fully saturated rings. The van der Waals surface area contributed by atoms with Gasteiger partial charge in [0.15, 0.2) is 5.82 Å². The second-order valence-corrected chi connectivity index (χ2v) is 5.02. The summed E-state index contributed by atoms with van der Waals surface area (Å²) in [6.45, 7) is 2.61. The van der Waals surface area contributed by atoms with E-state index < -0.39 is 5.97 Å². The molecule has 3 N–H and O–H groups in total. The van der Waals surface area contributed by atoms with Crippen LogP contribution in [0.25, 0.3) is 0 Å². The van der Waals surface area contributed by atoms with Gasteiger partial charge in [-0.15, -0.1) is 0 Å². The van der Waals surface area contributed by atoms with Crippen molar-refractivity contribution in [3.05, 3.63) is 23.0 Å². The maximum atomic E-state index is 11.7. The van der Waals surface area contributed by atoms with Gasteiger partial charge in [0.25, 0.3) is 0 Å². The van der Waals surface area contributed by atoms with E-state index in [1.807, 2.05) is 13.2 Å². The second kappa shape index (κ2) is 5.91. The van der Waals surface area contributed by atoms with Gasteiger partial charge in [-0.05, 0) is 18.0 Å². The van der Waals surface area contributed by atoms with Crippen LogP contribution in [0.2, 0.25) is 0 Å². The monoisotopic (exact) mass is 295 g/mol. The van der Waals surface area contributed by atoms with Gasteiger partial charge in [0, 0.05) is 25.4 Å². The molecule has 0 spiro atoms. The minimum Gasteiger partial charge on any atom is -0.465 e. The molecule has 0 atom stereocenters. The molecule has 2 rings (SSSR count). The zero-order valence-corrected chi connectivity index (χ0v) is 12.5. The van der Waals surface area contributed by atoms with Crippen LogP contribution in [0.3, 0.4) is 0 Å². The van der Waals surface area contributed by atoms with Gasteiger partial charge in [-0.1, -0.05) is 6.92 Å². The van der Waals surface area contributed by atoms with Gasteiger partial charge < -0.3 is 15.8 Å². The van der Waals surface area contributed by atoms with E-state index in [0.29, 0.717) is 17.1 Å². The van der Waals surface area contributed by atoms with Gasteiger partial charge in [-0.25, -0.2) is 4.79 Å². The number of nitrogens with two attached hydrogens (primary N) is 1. The molecule has 0 amide bonds. The lowest BCUT2D eigenvalue weighted by atomic mass is 10.2. The Morgan fingerprint density at radius 1 is 1.60 bits per heavy atom. The van der Waals surface area contributed by atoms with Crippen LogP contribution in [0.15, 0.2) is 6.20 Å². The fourth-order valence-corrected chi connectivity index (χ4v) is 2.62. The van der Waals surface area contributed by atoms with E-state index >= 15 is 0 Å². The lowest BCUT2D eigenvalue weighted by Gasteiger charge is -2.05. The Morgan fingerprint density at radius 3 is 3.00 bits per heavy atom. The van der Waals surface area contributed by atoms with Crippen molar-refractivity contribution in [2.75, 3.05) is 18.2 Å². The van der Waals surface area contributed by atoms with Crippen molar-refractivity contribution in [2.24, 2.45) is 7.05 Å². The predicted molar refractivity (Wildman–Crippen MR) is 77.8 cm³/mol. The van der Waals surface area contributed by atoms with E-state index in [1.165, 1.54) is 7.11 Å². The molecule has 8 heteroatoms. The summed E-state index contributed by atoms with van der Waals surface area (Å²) in [5, 5.41) is 8.16. The van der Waals surface area contributed by atoms with E-state index in [1.54, 1.807) is 4.68 Å². The van der Waals surface area contributed by atoms with Crippen LogP contribution in [0.4, 0.5) is 10.8 Å². The molecule has 0 aliphatic carbocycles. The number of nitrogen functional groups attached to an aromatic ring is 1. The fraction of sp³-hybridized carbons (Fsp3) is 0.417. The first-order chi connectivity index (χ1) is 9.56. The van der Waals surface area contributed by atoms with Crippen molar-refractivity contribution in [1.82, 2.24) is 14.2 Å². The zero-order chi connectivity index (χ0) is 14.7. The van der Waals surface area contributed by atoms with Crippen molar-refractivity contribution < 1.29 is 9.53 Å². The molecular weight excluding hydrogens is 278 g/mol. The number of hydrogen-bond donors (Lipinski definition) is 2. The van der Waals surface area contributed by atoms with Gasteiger partial charge in [0.1, 0.15) is 10.6 Å². The van der Waals surface area contributed by atoms with E-state index in [4.69, 9.17) is 10.5 Å². The summed E-state index contributed by atoms with van der Waals surface area (Å²) < 4.78 is 10.5. The number of hydrogen-bond acceptors (Lipinski definition) is 7. The Hall–Kier alpha value is -2.09. The maximum absolute atomic E-state index is 11.7. The average Bonchev–Trinajstić information content (AvgIpc) is 2.98. The predicted octanol–water partition coefficient (Wildman–Crippen LogP) is 1.42. The Bertz CT molecular complexity index is 619. The number of esters is 1. The van der Waals surface area contributed by atoms with Crippen LogP contribution in [0, 0.1) is 0 Å². The normalized spacial score (nSPS) is 10.6. The van der Waals surface area contributed by atoms with E-state index in [0.717, 1.165) is 29.2 Å². The minimum atomic E-state index is -0.486. The van der Waals surface area contributed by atoms with Crippen LogP contribution < -0.4 is 11.1 Å². The molecule has 0 saturated carbocycles. The third kappa shape index (κ3) is 2.74. The Kier molecular flexibility index (Phi) is 4.23. The van der Waals surface area contributed by atoms with Gasteiger partial charge in [0.2, 0.25) is 0 Å². The van der Waals surface area contributed by atoms with Crippen LogP contribution in [0.5, 0.6) is 0 Å². The molecule has 0 aliphatic rings. The smallest absolute Gasteiger partial charge is 0.344 e. The molecule has 0 bridgehead atoms. The van der Waals surface area contributed by atoms with Crippen LogP contribution in [-0.2, 0) is 24.8 Å². The summed E-state index contributed by atoms with van der Waals surface area (Å²) >= 11 is 1.15. The first kappa shape index (κ1) is 14.3.